The predicted octanol–water partition coefficient (Wildman–Crippen LogP) is 0.890. The van der Waals surface area contributed by atoms with Gasteiger partial charge in [-0.05, 0) is 0 Å². The van der Waals surface area contributed by atoms with Crippen molar-refractivity contribution in [1.29, 1.82) is 0 Å². The van der Waals surface area contributed by atoms with Gasteiger partial charge in [-0.3, -0.25) is 0 Å². The SMILES string of the molecule is [C-]#[N+]C(COC[C@@H](O)[C@@H](O)[C@H](O)[C@H](O)COCC([N+]#[C-])=C(C)C)=C(C)C. The molecule has 0 aromatic rings. The maximum Gasteiger partial charge on any atom is 0.189 e. The highest BCUT2D eigenvalue weighted by Crippen LogP contribution is 2.10. The minimum Gasteiger partial charge on any atom is -0.388 e. The summed E-state index contributed by atoms with van der Waals surface area (Å²) in [5.74, 6) is 0. The molecule has 0 aliphatic carbocycles. The Labute approximate surface area is 154 Å². The van der Waals surface area contributed by atoms with E-state index in [1.165, 1.54) is 0 Å². The van der Waals surface area contributed by atoms with E-state index in [-0.39, 0.29) is 26.4 Å². The molecule has 0 fully saturated rings. The maximum atomic E-state index is 9.91. The molecule has 26 heavy (non-hydrogen) atoms. The first-order valence-electron chi connectivity index (χ1n) is 8.11. The molecule has 0 saturated carbocycles. The first kappa shape index (κ1) is 24.2. The highest BCUT2D eigenvalue weighted by Gasteiger charge is 2.30. The van der Waals surface area contributed by atoms with Gasteiger partial charge < -0.3 is 29.9 Å². The van der Waals surface area contributed by atoms with E-state index in [9.17, 15) is 20.4 Å². The Hall–Kier alpha value is -1.78. The number of hydrogen-bond donors (Lipinski definition) is 4. The lowest BCUT2D eigenvalue weighted by Crippen LogP contribution is -2.47. The summed E-state index contributed by atoms with van der Waals surface area (Å²) in [4.78, 5) is 6.58. The average Bonchev–Trinajstić information content (AvgIpc) is 2.59. The van der Waals surface area contributed by atoms with E-state index in [0.29, 0.717) is 11.4 Å². The number of ether oxygens (including phenoxy) is 2. The minimum absolute atomic E-state index is 0.0144. The lowest BCUT2D eigenvalue weighted by atomic mass is 10.0. The van der Waals surface area contributed by atoms with Crippen molar-refractivity contribution >= 4 is 0 Å². The summed E-state index contributed by atoms with van der Waals surface area (Å²) >= 11 is 0. The molecule has 0 rings (SSSR count). The third kappa shape index (κ3) is 8.54. The van der Waals surface area contributed by atoms with Crippen LogP contribution in [-0.4, -0.2) is 71.3 Å². The summed E-state index contributed by atoms with van der Waals surface area (Å²) in [6, 6.07) is 0. The minimum atomic E-state index is -1.65. The molecule has 0 spiro atoms. The topological polar surface area (TPSA) is 108 Å². The number of aliphatic hydroxyl groups is 4. The number of hydrogen-bond acceptors (Lipinski definition) is 6. The Morgan fingerprint density at radius 2 is 1.04 bits per heavy atom. The fraction of sp³-hybridized carbons (Fsp3) is 0.667. The van der Waals surface area contributed by atoms with Crippen molar-refractivity contribution in [3.8, 4) is 0 Å². The van der Waals surface area contributed by atoms with Crippen LogP contribution in [0, 0.1) is 13.1 Å². The third-order valence-electron chi connectivity index (χ3n) is 3.62. The quantitative estimate of drug-likeness (QED) is 0.404. The van der Waals surface area contributed by atoms with E-state index in [0.717, 1.165) is 11.1 Å². The van der Waals surface area contributed by atoms with Gasteiger partial charge in [0.05, 0.1) is 39.6 Å². The van der Waals surface area contributed by atoms with Gasteiger partial charge in [0.15, 0.2) is 11.4 Å². The lowest BCUT2D eigenvalue weighted by molar-refractivity contribution is -0.132. The molecule has 0 aromatic carbocycles. The monoisotopic (exact) mass is 368 g/mol. The van der Waals surface area contributed by atoms with Crippen molar-refractivity contribution in [3.05, 3.63) is 45.4 Å². The van der Waals surface area contributed by atoms with Crippen molar-refractivity contribution < 1.29 is 29.9 Å². The van der Waals surface area contributed by atoms with Crippen molar-refractivity contribution in [2.75, 3.05) is 26.4 Å². The first-order valence-corrected chi connectivity index (χ1v) is 8.11. The Kier molecular flexibility index (Phi) is 11.7. The van der Waals surface area contributed by atoms with E-state index < -0.39 is 24.4 Å². The molecular formula is C18H28N2O6. The molecule has 0 aliphatic rings. The molecule has 0 unspecified atom stereocenters. The van der Waals surface area contributed by atoms with Crippen LogP contribution < -0.4 is 0 Å². The molecule has 146 valence electrons. The molecule has 0 aromatic heterocycles. The van der Waals surface area contributed by atoms with E-state index in [1.807, 2.05) is 0 Å². The molecule has 0 aliphatic heterocycles. The van der Waals surface area contributed by atoms with Gasteiger partial charge in [0.1, 0.15) is 24.4 Å². The zero-order chi connectivity index (χ0) is 20.3. The lowest BCUT2D eigenvalue weighted by Gasteiger charge is -2.26. The molecule has 0 bridgehead atoms. The summed E-state index contributed by atoms with van der Waals surface area (Å²) in [5.41, 5.74) is 2.38. The fourth-order valence-electron chi connectivity index (χ4n) is 1.78. The molecular weight excluding hydrogens is 340 g/mol. The normalized spacial score (nSPS) is 15.2. The third-order valence-corrected chi connectivity index (χ3v) is 3.62. The molecule has 0 radical (unpaired) electrons. The van der Waals surface area contributed by atoms with Crippen LogP contribution in [0.25, 0.3) is 9.69 Å². The Bertz CT molecular complexity index is 527. The summed E-state index contributed by atoms with van der Waals surface area (Å²) in [6.45, 7) is 20.4. The van der Waals surface area contributed by atoms with Gasteiger partial charge in [0.25, 0.3) is 0 Å². The molecule has 4 N–H and O–H groups in total. The van der Waals surface area contributed by atoms with Gasteiger partial charge in [0, 0.05) is 0 Å². The van der Waals surface area contributed by atoms with Gasteiger partial charge >= 0.3 is 0 Å². The molecule has 0 saturated heterocycles. The van der Waals surface area contributed by atoms with Gasteiger partial charge in [-0.1, -0.05) is 38.8 Å². The highest BCUT2D eigenvalue weighted by molar-refractivity contribution is 5.17. The second-order valence-corrected chi connectivity index (χ2v) is 6.26. The van der Waals surface area contributed by atoms with Gasteiger partial charge in [-0.2, -0.15) is 0 Å². The van der Waals surface area contributed by atoms with Gasteiger partial charge in [-0.25, -0.2) is 9.69 Å². The zero-order valence-electron chi connectivity index (χ0n) is 15.6. The van der Waals surface area contributed by atoms with Crippen LogP contribution in [0.3, 0.4) is 0 Å². The maximum absolute atomic E-state index is 9.91. The van der Waals surface area contributed by atoms with Crippen LogP contribution in [-0.2, 0) is 9.47 Å². The largest absolute Gasteiger partial charge is 0.388 e. The number of aliphatic hydroxyl groups excluding tert-OH is 4. The number of nitrogens with zero attached hydrogens (tertiary/aromatic N) is 2. The molecule has 0 amide bonds. The highest BCUT2D eigenvalue weighted by atomic mass is 16.5. The first-order chi connectivity index (χ1) is 12.1. The Balaban J connectivity index is 4.41. The molecule has 8 heteroatoms. The second kappa shape index (κ2) is 12.6. The summed E-state index contributed by atoms with van der Waals surface area (Å²) < 4.78 is 10.3. The number of rotatable bonds is 11. The van der Waals surface area contributed by atoms with Crippen LogP contribution in [0.1, 0.15) is 27.7 Å². The average molecular weight is 368 g/mol. The number of allylic oxidation sites excluding steroid dienone is 2. The van der Waals surface area contributed by atoms with Crippen LogP contribution in [0.5, 0.6) is 0 Å². The summed E-state index contributed by atoms with van der Waals surface area (Å²) in [7, 11) is 0. The van der Waals surface area contributed by atoms with E-state index in [2.05, 4.69) is 9.69 Å². The van der Waals surface area contributed by atoms with Crippen LogP contribution in [0.4, 0.5) is 0 Å². The zero-order valence-corrected chi connectivity index (χ0v) is 15.6. The van der Waals surface area contributed by atoms with Crippen LogP contribution in [0.15, 0.2) is 22.5 Å². The van der Waals surface area contributed by atoms with E-state index >= 15 is 0 Å². The van der Waals surface area contributed by atoms with Crippen molar-refractivity contribution in [3.63, 3.8) is 0 Å². The van der Waals surface area contributed by atoms with Crippen LogP contribution in [0.2, 0.25) is 0 Å². The van der Waals surface area contributed by atoms with Crippen molar-refractivity contribution in [1.82, 2.24) is 0 Å². The summed E-state index contributed by atoms with van der Waals surface area (Å²) in [6.07, 6.45) is -6.19. The summed E-state index contributed by atoms with van der Waals surface area (Å²) in [5, 5.41) is 39.5. The fourth-order valence-corrected chi connectivity index (χ4v) is 1.78. The standard InChI is InChI=1S/C18H28N2O6/c1-11(2)13(19-5)7-25-9-15(21)17(23)18(24)16(22)10-26-8-14(20-6)12(3)4/h15-18,21-24H,7-10H2,1-4H3/t15-,16-,17-,18-/m1/s1. The van der Waals surface area contributed by atoms with E-state index in [4.69, 9.17) is 22.6 Å². The van der Waals surface area contributed by atoms with Gasteiger partial charge in [-0.15, -0.1) is 0 Å². The predicted molar refractivity (Wildman–Crippen MR) is 95.6 cm³/mol. The van der Waals surface area contributed by atoms with Crippen molar-refractivity contribution in [2.45, 2.75) is 52.1 Å². The van der Waals surface area contributed by atoms with E-state index in [1.54, 1.807) is 27.7 Å². The van der Waals surface area contributed by atoms with Crippen molar-refractivity contribution in [2.24, 2.45) is 0 Å². The molecule has 0 heterocycles. The van der Waals surface area contributed by atoms with Gasteiger partial charge in [0.2, 0.25) is 0 Å². The molecule has 8 nitrogen and oxygen atoms in total. The molecule has 4 atom stereocenters. The smallest absolute Gasteiger partial charge is 0.189 e. The van der Waals surface area contributed by atoms with Crippen LogP contribution >= 0.6 is 0 Å². The second-order valence-electron chi connectivity index (χ2n) is 6.26. The Morgan fingerprint density at radius 3 is 1.27 bits per heavy atom. The Morgan fingerprint density at radius 1 is 0.731 bits per heavy atom.